The summed E-state index contributed by atoms with van der Waals surface area (Å²) >= 11 is 6.84. The molecule has 1 aromatic rings. The SMILES string of the molecule is CC(C)(C)SC(=S)c1ccco1. The van der Waals surface area contributed by atoms with Crippen molar-refractivity contribution in [1.82, 2.24) is 0 Å². The van der Waals surface area contributed by atoms with E-state index in [0.29, 0.717) is 0 Å². The molecule has 1 rings (SSSR count). The second-order valence-electron chi connectivity index (χ2n) is 3.48. The summed E-state index contributed by atoms with van der Waals surface area (Å²) in [6.07, 6.45) is 1.64. The Morgan fingerprint density at radius 3 is 2.58 bits per heavy atom. The highest BCUT2D eigenvalue weighted by atomic mass is 32.2. The van der Waals surface area contributed by atoms with E-state index in [2.05, 4.69) is 20.8 Å². The van der Waals surface area contributed by atoms with E-state index in [1.807, 2.05) is 12.1 Å². The Morgan fingerprint density at radius 2 is 2.17 bits per heavy atom. The summed E-state index contributed by atoms with van der Waals surface area (Å²) in [5.41, 5.74) is 0. The summed E-state index contributed by atoms with van der Waals surface area (Å²) in [4.78, 5) is 0. The second kappa shape index (κ2) is 3.62. The molecular weight excluding hydrogens is 188 g/mol. The second-order valence-corrected chi connectivity index (χ2v) is 5.98. The number of hydrogen-bond donors (Lipinski definition) is 0. The van der Waals surface area contributed by atoms with Gasteiger partial charge in [0.2, 0.25) is 0 Å². The quantitative estimate of drug-likeness (QED) is 0.644. The molecule has 0 aliphatic carbocycles. The maximum atomic E-state index is 5.19. The van der Waals surface area contributed by atoms with Gasteiger partial charge in [-0.25, -0.2) is 0 Å². The van der Waals surface area contributed by atoms with Crippen LogP contribution in [-0.2, 0) is 0 Å². The van der Waals surface area contributed by atoms with Gasteiger partial charge in [-0.15, -0.1) is 11.8 Å². The molecule has 0 N–H and O–H groups in total. The van der Waals surface area contributed by atoms with Crippen molar-refractivity contribution in [2.24, 2.45) is 0 Å². The van der Waals surface area contributed by atoms with Gasteiger partial charge >= 0.3 is 0 Å². The van der Waals surface area contributed by atoms with Gasteiger partial charge in [-0.05, 0) is 12.1 Å². The fourth-order valence-corrected chi connectivity index (χ4v) is 2.36. The average molecular weight is 200 g/mol. The number of hydrogen-bond acceptors (Lipinski definition) is 3. The molecule has 66 valence electrons. The zero-order chi connectivity index (χ0) is 9.19. The van der Waals surface area contributed by atoms with Crippen molar-refractivity contribution < 1.29 is 4.42 Å². The topological polar surface area (TPSA) is 13.1 Å². The summed E-state index contributed by atoms with van der Waals surface area (Å²) in [6, 6.07) is 3.74. The first kappa shape index (κ1) is 9.81. The summed E-state index contributed by atoms with van der Waals surface area (Å²) in [5.74, 6) is 0.796. The van der Waals surface area contributed by atoms with Crippen molar-refractivity contribution in [3.63, 3.8) is 0 Å². The molecule has 1 aromatic heterocycles. The van der Waals surface area contributed by atoms with Crippen LogP contribution in [0.5, 0.6) is 0 Å². The van der Waals surface area contributed by atoms with Gasteiger partial charge in [-0.2, -0.15) is 0 Å². The van der Waals surface area contributed by atoms with Gasteiger partial charge in [-0.1, -0.05) is 33.0 Å². The molecule has 0 fully saturated rings. The average Bonchev–Trinajstić information content (AvgIpc) is 2.32. The lowest BCUT2D eigenvalue weighted by Crippen LogP contribution is -2.10. The Hall–Kier alpha value is -0.280. The van der Waals surface area contributed by atoms with Crippen LogP contribution in [0.15, 0.2) is 22.8 Å². The monoisotopic (exact) mass is 200 g/mol. The highest BCUT2D eigenvalue weighted by Crippen LogP contribution is 2.28. The summed E-state index contributed by atoms with van der Waals surface area (Å²) in [6.45, 7) is 6.40. The Labute approximate surface area is 82.5 Å². The molecule has 0 unspecified atom stereocenters. The van der Waals surface area contributed by atoms with E-state index in [1.54, 1.807) is 18.0 Å². The van der Waals surface area contributed by atoms with E-state index in [0.717, 1.165) is 9.96 Å². The molecule has 1 nitrogen and oxygen atoms in total. The van der Waals surface area contributed by atoms with Crippen LogP contribution in [0.1, 0.15) is 26.5 Å². The number of thiocarbonyl (C=S) groups is 1. The van der Waals surface area contributed by atoms with Crippen LogP contribution >= 0.6 is 24.0 Å². The normalized spacial score (nSPS) is 11.6. The molecule has 1 heterocycles. The van der Waals surface area contributed by atoms with Crippen molar-refractivity contribution in [3.05, 3.63) is 24.2 Å². The van der Waals surface area contributed by atoms with E-state index in [9.17, 15) is 0 Å². The third-order valence-electron chi connectivity index (χ3n) is 1.12. The van der Waals surface area contributed by atoms with Crippen LogP contribution in [0.4, 0.5) is 0 Å². The van der Waals surface area contributed by atoms with Crippen LogP contribution in [-0.4, -0.2) is 8.94 Å². The fraction of sp³-hybridized carbons (Fsp3) is 0.444. The predicted octanol–water partition coefficient (Wildman–Crippen LogP) is 3.49. The van der Waals surface area contributed by atoms with Gasteiger partial charge < -0.3 is 4.42 Å². The molecule has 0 aliphatic rings. The van der Waals surface area contributed by atoms with Gasteiger partial charge in [0.1, 0.15) is 4.20 Å². The van der Waals surface area contributed by atoms with E-state index < -0.39 is 0 Å². The third kappa shape index (κ3) is 2.99. The van der Waals surface area contributed by atoms with Crippen LogP contribution in [0, 0.1) is 0 Å². The molecule has 0 saturated heterocycles. The zero-order valence-electron chi connectivity index (χ0n) is 7.46. The molecule has 0 aliphatic heterocycles. The molecule has 0 atom stereocenters. The summed E-state index contributed by atoms with van der Waals surface area (Å²) in [7, 11) is 0. The van der Waals surface area contributed by atoms with Gasteiger partial charge in [0.15, 0.2) is 5.76 Å². The van der Waals surface area contributed by atoms with Crippen LogP contribution in [0.2, 0.25) is 0 Å². The summed E-state index contributed by atoms with van der Waals surface area (Å²) in [5, 5.41) is 0. The molecule has 0 radical (unpaired) electrons. The first-order valence-electron chi connectivity index (χ1n) is 3.76. The van der Waals surface area contributed by atoms with Gasteiger partial charge in [0.05, 0.1) is 6.26 Å². The molecule has 0 spiro atoms. The van der Waals surface area contributed by atoms with Crippen LogP contribution in [0.25, 0.3) is 0 Å². The molecule has 0 aromatic carbocycles. The van der Waals surface area contributed by atoms with E-state index >= 15 is 0 Å². The Balaban J connectivity index is 2.63. The van der Waals surface area contributed by atoms with Gasteiger partial charge in [0.25, 0.3) is 0 Å². The van der Waals surface area contributed by atoms with Crippen molar-refractivity contribution in [3.8, 4) is 0 Å². The van der Waals surface area contributed by atoms with Crippen molar-refractivity contribution in [2.45, 2.75) is 25.5 Å². The van der Waals surface area contributed by atoms with E-state index in [1.165, 1.54) is 0 Å². The first-order valence-corrected chi connectivity index (χ1v) is 4.98. The minimum atomic E-state index is 0.157. The van der Waals surface area contributed by atoms with Crippen molar-refractivity contribution in [1.29, 1.82) is 0 Å². The number of rotatable bonds is 1. The minimum absolute atomic E-state index is 0.157. The standard InChI is InChI=1S/C9H12OS2/c1-9(2,3)12-8(11)7-5-4-6-10-7/h4-6H,1-3H3. The lowest BCUT2D eigenvalue weighted by Gasteiger charge is -2.16. The van der Waals surface area contributed by atoms with Gasteiger partial charge in [0, 0.05) is 4.75 Å². The van der Waals surface area contributed by atoms with E-state index in [4.69, 9.17) is 16.6 Å². The predicted molar refractivity (Wildman–Crippen MR) is 57.8 cm³/mol. The van der Waals surface area contributed by atoms with Crippen LogP contribution in [0.3, 0.4) is 0 Å². The molecule has 3 heteroatoms. The third-order valence-corrected chi connectivity index (χ3v) is 2.57. The maximum Gasteiger partial charge on any atom is 0.151 e. The fourth-order valence-electron chi connectivity index (χ4n) is 0.723. The lowest BCUT2D eigenvalue weighted by atomic mass is 10.3. The first-order chi connectivity index (χ1) is 5.49. The Kier molecular flexibility index (Phi) is 2.96. The summed E-state index contributed by atoms with van der Waals surface area (Å²) < 4.78 is 6.16. The minimum Gasteiger partial charge on any atom is -0.463 e. The maximum absolute atomic E-state index is 5.19. The Bertz CT molecular complexity index is 257. The lowest BCUT2D eigenvalue weighted by molar-refractivity contribution is 0.561. The largest absolute Gasteiger partial charge is 0.463 e. The zero-order valence-corrected chi connectivity index (χ0v) is 9.09. The van der Waals surface area contributed by atoms with Crippen molar-refractivity contribution >= 4 is 28.2 Å². The highest BCUT2D eigenvalue weighted by molar-refractivity contribution is 8.24. The Morgan fingerprint density at radius 1 is 1.50 bits per heavy atom. The molecule has 0 bridgehead atoms. The number of thioether (sulfide) groups is 1. The van der Waals surface area contributed by atoms with E-state index in [-0.39, 0.29) is 4.75 Å². The smallest absolute Gasteiger partial charge is 0.151 e. The highest BCUT2D eigenvalue weighted by Gasteiger charge is 2.16. The molecule has 0 saturated carbocycles. The van der Waals surface area contributed by atoms with Gasteiger partial charge in [-0.3, -0.25) is 0 Å². The van der Waals surface area contributed by atoms with Crippen molar-refractivity contribution in [2.75, 3.05) is 0 Å². The number of furan rings is 1. The molecule has 12 heavy (non-hydrogen) atoms. The molecule has 0 amide bonds. The molecular formula is C9H12OS2. The van der Waals surface area contributed by atoms with Crippen LogP contribution < -0.4 is 0 Å².